The highest BCUT2D eigenvalue weighted by Crippen LogP contribution is 2.19. The molecule has 2 heterocycles. The summed E-state index contributed by atoms with van der Waals surface area (Å²) in [5.41, 5.74) is 3.97. The standard InChI is InChI=1S/C14H14N2O2/c17-14(11-4-6-18-9-11)16-13-2-1-10-3-5-15-8-12(10)7-13/h1-2,4,6-7,9,15H,3,5,8H2,(H,16,17). The topological polar surface area (TPSA) is 54.3 Å². The fraction of sp³-hybridized carbons (Fsp3) is 0.214. The molecule has 0 bridgehead atoms. The van der Waals surface area contributed by atoms with E-state index in [0.29, 0.717) is 5.56 Å². The molecule has 92 valence electrons. The Morgan fingerprint density at radius 2 is 2.22 bits per heavy atom. The number of benzene rings is 1. The van der Waals surface area contributed by atoms with E-state index in [0.717, 1.165) is 25.2 Å². The van der Waals surface area contributed by atoms with Crippen molar-refractivity contribution in [1.82, 2.24) is 5.32 Å². The van der Waals surface area contributed by atoms with E-state index in [2.05, 4.69) is 16.7 Å². The van der Waals surface area contributed by atoms with Crippen LogP contribution < -0.4 is 10.6 Å². The number of hydrogen-bond donors (Lipinski definition) is 2. The lowest BCUT2D eigenvalue weighted by Gasteiger charge is -2.17. The van der Waals surface area contributed by atoms with E-state index >= 15 is 0 Å². The minimum atomic E-state index is -0.146. The van der Waals surface area contributed by atoms with Crippen LogP contribution in [0.25, 0.3) is 0 Å². The summed E-state index contributed by atoms with van der Waals surface area (Å²) in [6.07, 6.45) is 3.98. The maximum atomic E-state index is 11.9. The molecule has 0 spiro atoms. The van der Waals surface area contributed by atoms with E-state index in [1.54, 1.807) is 6.07 Å². The van der Waals surface area contributed by atoms with Crippen molar-refractivity contribution >= 4 is 11.6 Å². The highest BCUT2D eigenvalue weighted by atomic mass is 16.3. The number of furan rings is 1. The van der Waals surface area contributed by atoms with E-state index in [9.17, 15) is 4.79 Å². The molecular weight excluding hydrogens is 228 g/mol. The quantitative estimate of drug-likeness (QED) is 0.848. The Kier molecular flexibility index (Phi) is 2.86. The van der Waals surface area contributed by atoms with Crippen LogP contribution in [0.5, 0.6) is 0 Å². The molecule has 1 aromatic carbocycles. The van der Waals surface area contributed by atoms with E-state index in [-0.39, 0.29) is 5.91 Å². The highest BCUT2D eigenvalue weighted by molar-refractivity contribution is 6.04. The first-order valence-electron chi connectivity index (χ1n) is 5.99. The Morgan fingerprint density at radius 1 is 1.28 bits per heavy atom. The molecule has 0 saturated heterocycles. The van der Waals surface area contributed by atoms with Gasteiger partial charge in [0.1, 0.15) is 6.26 Å². The zero-order valence-corrected chi connectivity index (χ0v) is 9.90. The Morgan fingerprint density at radius 3 is 3.06 bits per heavy atom. The van der Waals surface area contributed by atoms with Gasteiger partial charge in [0, 0.05) is 12.2 Å². The van der Waals surface area contributed by atoms with Crippen LogP contribution in [0, 0.1) is 0 Å². The number of carbonyl (C=O) groups excluding carboxylic acids is 1. The smallest absolute Gasteiger partial charge is 0.258 e. The highest BCUT2D eigenvalue weighted by Gasteiger charge is 2.11. The van der Waals surface area contributed by atoms with E-state index < -0.39 is 0 Å². The van der Waals surface area contributed by atoms with Gasteiger partial charge in [0.2, 0.25) is 0 Å². The first-order chi connectivity index (χ1) is 8.83. The molecule has 0 saturated carbocycles. The number of nitrogens with one attached hydrogen (secondary N) is 2. The molecule has 4 nitrogen and oxygen atoms in total. The molecule has 0 atom stereocenters. The predicted molar refractivity (Wildman–Crippen MR) is 68.5 cm³/mol. The SMILES string of the molecule is O=C(Nc1ccc2c(c1)CNCC2)c1ccoc1. The molecule has 2 N–H and O–H groups in total. The monoisotopic (exact) mass is 242 g/mol. The summed E-state index contributed by atoms with van der Waals surface area (Å²) in [7, 11) is 0. The molecule has 1 aliphatic heterocycles. The summed E-state index contributed by atoms with van der Waals surface area (Å²) < 4.78 is 4.89. The average molecular weight is 242 g/mol. The van der Waals surface area contributed by atoms with Crippen molar-refractivity contribution in [2.75, 3.05) is 11.9 Å². The van der Waals surface area contributed by atoms with Gasteiger partial charge in [-0.05, 0) is 42.3 Å². The second-order valence-corrected chi connectivity index (χ2v) is 4.38. The first-order valence-corrected chi connectivity index (χ1v) is 5.99. The van der Waals surface area contributed by atoms with Gasteiger partial charge in [-0.3, -0.25) is 4.79 Å². The van der Waals surface area contributed by atoms with Crippen molar-refractivity contribution in [3.05, 3.63) is 53.5 Å². The summed E-state index contributed by atoms with van der Waals surface area (Å²) in [5.74, 6) is -0.146. The third-order valence-electron chi connectivity index (χ3n) is 3.13. The summed E-state index contributed by atoms with van der Waals surface area (Å²) >= 11 is 0. The lowest BCUT2D eigenvalue weighted by Crippen LogP contribution is -2.23. The second-order valence-electron chi connectivity index (χ2n) is 4.38. The fourth-order valence-electron chi connectivity index (χ4n) is 2.16. The minimum Gasteiger partial charge on any atom is -0.472 e. The molecule has 1 amide bonds. The Hall–Kier alpha value is -2.07. The van der Waals surface area contributed by atoms with Gasteiger partial charge in [-0.25, -0.2) is 0 Å². The lowest BCUT2D eigenvalue weighted by molar-refractivity contribution is 0.102. The second kappa shape index (κ2) is 4.66. The first kappa shape index (κ1) is 11.0. The molecule has 4 heteroatoms. The van der Waals surface area contributed by atoms with Crippen molar-refractivity contribution in [2.45, 2.75) is 13.0 Å². The zero-order valence-electron chi connectivity index (χ0n) is 9.90. The summed E-state index contributed by atoms with van der Waals surface area (Å²) in [5, 5.41) is 6.19. The van der Waals surface area contributed by atoms with Crippen LogP contribution in [0.4, 0.5) is 5.69 Å². The molecular formula is C14H14N2O2. The van der Waals surface area contributed by atoms with Crippen LogP contribution in [-0.2, 0) is 13.0 Å². The van der Waals surface area contributed by atoms with Crippen molar-refractivity contribution in [3.8, 4) is 0 Å². The maximum absolute atomic E-state index is 11.9. The van der Waals surface area contributed by atoms with Crippen molar-refractivity contribution < 1.29 is 9.21 Å². The Bertz CT molecular complexity index is 561. The summed E-state index contributed by atoms with van der Waals surface area (Å²) in [6, 6.07) is 7.71. The minimum absolute atomic E-state index is 0.146. The van der Waals surface area contributed by atoms with Crippen LogP contribution in [0.1, 0.15) is 21.5 Å². The molecule has 1 aliphatic rings. The number of rotatable bonds is 2. The average Bonchev–Trinajstić information content (AvgIpc) is 2.92. The van der Waals surface area contributed by atoms with Crippen LogP contribution in [0.3, 0.4) is 0 Å². The number of amides is 1. The maximum Gasteiger partial charge on any atom is 0.258 e. The van der Waals surface area contributed by atoms with Gasteiger partial charge < -0.3 is 15.1 Å². The third-order valence-corrected chi connectivity index (χ3v) is 3.13. The van der Waals surface area contributed by atoms with E-state index in [1.165, 1.54) is 23.7 Å². The van der Waals surface area contributed by atoms with Gasteiger partial charge in [0.05, 0.1) is 11.8 Å². The lowest BCUT2D eigenvalue weighted by atomic mass is 10.0. The number of fused-ring (bicyclic) bond motifs is 1. The summed E-state index contributed by atoms with van der Waals surface area (Å²) in [6.45, 7) is 1.89. The molecule has 0 radical (unpaired) electrons. The van der Waals surface area contributed by atoms with Gasteiger partial charge >= 0.3 is 0 Å². The van der Waals surface area contributed by atoms with Crippen molar-refractivity contribution in [1.29, 1.82) is 0 Å². The molecule has 0 aliphatic carbocycles. The summed E-state index contributed by atoms with van der Waals surface area (Å²) in [4.78, 5) is 11.9. The van der Waals surface area contributed by atoms with Crippen LogP contribution >= 0.6 is 0 Å². The fourth-order valence-corrected chi connectivity index (χ4v) is 2.16. The molecule has 1 aromatic heterocycles. The zero-order chi connectivity index (χ0) is 12.4. The largest absolute Gasteiger partial charge is 0.472 e. The van der Waals surface area contributed by atoms with Crippen LogP contribution in [0.2, 0.25) is 0 Å². The van der Waals surface area contributed by atoms with Gasteiger partial charge in [0.25, 0.3) is 5.91 Å². The molecule has 0 unspecified atom stereocenters. The Balaban J connectivity index is 1.79. The van der Waals surface area contributed by atoms with Crippen LogP contribution in [-0.4, -0.2) is 12.5 Å². The van der Waals surface area contributed by atoms with Gasteiger partial charge in [0.15, 0.2) is 0 Å². The molecule has 2 aromatic rings. The number of carbonyl (C=O) groups is 1. The van der Waals surface area contributed by atoms with Gasteiger partial charge in [-0.2, -0.15) is 0 Å². The van der Waals surface area contributed by atoms with Gasteiger partial charge in [-0.1, -0.05) is 6.07 Å². The molecule has 0 fully saturated rings. The number of anilines is 1. The van der Waals surface area contributed by atoms with Crippen molar-refractivity contribution in [2.24, 2.45) is 0 Å². The van der Waals surface area contributed by atoms with Crippen LogP contribution in [0.15, 0.2) is 41.2 Å². The van der Waals surface area contributed by atoms with Crippen molar-refractivity contribution in [3.63, 3.8) is 0 Å². The van der Waals surface area contributed by atoms with Gasteiger partial charge in [-0.15, -0.1) is 0 Å². The predicted octanol–water partition coefficient (Wildman–Crippen LogP) is 2.18. The van der Waals surface area contributed by atoms with E-state index in [1.807, 2.05) is 12.1 Å². The Labute approximate surface area is 105 Å². The molecule has 18 heavy (non-hydrogen) atoms. The molecule has 3 rings (SSSR count). The van der Waals surface area contributed by atoms with E-state index in [4.69, 9.17) is 4.42 Å². The normalized spacial score (nSPS) is 14.0. The number of hydrogen-bond acceptors (Lipinski definition) is 3. The third kappa shape index (κ3) is 2.15.